The van der Waals surface area contributed by atoms with Gasteiger partial charge >= 0.3 is 0 Å². The number of carbonyl (C=O) groups is 1. The molecule has 1 amide bonds. The molecule has 0 bridgehead atoms. The Labute approximate surface area is 199 Å². The summed E-state index contributed by atoms with van der Waals surface area (Å²) >= 11 is 0. The molecule has 1 saturated heterocycles. The maximum Gasteiger partial charge on any atom is 0.269 e. The van der Waals surface area contributed by atoms with E-state index in [0.29, 0.717) is 17.6 Å². The van der Waals surface area contributed by atoms with E-state index in [-0.39, 0.29) is 49.0 Å². The monoisotopic (exact) mass is 486 g/mol. The summed E-state index contributed by atoms with van der Waals surface area (Å²) in [5.41, 5.74) is 1.51. The lowest BCUT2D eigenvalue weighted by Crippen LogP contribution is -2.24. The lowest BCUT2D eigenvalue weighted by atomic mass is 10.1. The molecule has 3 N–H and O–H groups in total. The number of nitrogens with one attached hydrogen (secondary N) is 1. The van der Waals surface area contributed by atoms with Gasteiger partial charge < -0.3 is 19.7 Å². The third kappa shape index (κ3) is 5.37. The summed E-state index contributed by atoms with van der Waals surface area (Å²) in [5, 5.41) is 33.0. The molecule has 186 valence electrons. The van der Waals surface area contributed by atoms with E-state index < -0.39 is 23.4 Å². The molecule has 0 aliphatic carbocycles. The largest absolute Gasteiger partial charge is 0.476 e. The summed E-state index contributed by atoms with van der Waals surface area (Å²) in [5.74, 6) is -0.406. The molecular formula is C22H26N6O7. The number of aliphatic hydroxyl groups is 2. The van der Waals surface area contributed by atoms with Crippen LogP contribution in [0.5, 0.6) is 5.88 Å². The number of imidazole rings is 1. The van der Waals surface area contributed by atoms with E-state index in [0.717, 1.165) is 5.56 Å². The number of aromatic nitrogens is 4. The Morgan fingerprint density at radius 3 is 2.71 bits per heavy atom. The molecular weight excluding hydrogens is 460 g/mol. The predicted octanol–water partition coefficient (Wildman–Crippen LogP) is 1.59. The highest BCUT2D eigenvalue weighted by atomic mass is 16.6. The van der Waals surface area contributed by atoms with Crippen molar-refractivity contribution in [1.82, 2.24) is 19.5 Å². The number of ether oxygens (including phenoxy) is 2. The van der Waals surface area contributed by atoms with Crippen molar-refractivity contribution < 1.29 is 29.4 Å². The SMILES string of the molecule is CC(C)C(=O)Nc1nc(OCCc2ccc([N+](=O)[O-])cc2)c2ncn([C@@H]3C[C@H](O)[C@H](CO)O3)c2n1. The fourth-order valence-electron chi connectivity index (χ4n) is 3.61. The van der Waals surface area contributed by atoms with Gasteiger partial charge in [0, 0.05) is 30.9 Å². The lowest BCUT2D eigenvalue weighted by Gasteiger charge is -2.15. The highest BCUT2D eigenvalue weighted by Crippen LogP contribution is 2.33. The highest BCUT2D eigenvalue weighted by Gasteiger charge is 2.35. The maximum atomic E-state index is 12.3. The fraction of sp³-hybridized carbons (Fsp3) is 0.455. The van der Waals surface area contributed by atoms with E-state index in [1.165, 1.54) is 18.5 Å². The van der Waals surface area contributed by atoms with E-state index in [2.05, 4.69) is 20.3 Å². The molecule has 1 aliphatic rings. The summed E-state index contributed by atoms with van der Waals surface area (Å²) in [6.07, 6.45) is -0.0332. The summed E-state index contributed by atoms with van der Waals surface area (Å²) in [7, 11) is 0. The number of fused-ring (bicyclic) bond motifs is 1. The number of nitro benzene ring substituents is 1. The van der Waals surface area contributed by atoms with Gasteiger partial charge in [-0.1, -0.05) is 26.0 Å². The molecule has 0 unspecified atom stereocenters. The van der Waals surface area contributed by atoms with Crippen LogP contribution in [0.2, 0.25) is 0 Å². The number of aliphatic hydroxyl groups excluding tert-OH is 2. The van der Waals surface area contributed by atoms with Gasteiger partial charge in [0.1, 0.15) is 12.3 Å². The van der Waals surface area contributed by atoms with Gasteiger partial charge in [-0.15, -0.1) is 0 Å². The van der Waals surface area contributed by atoms with Crippen molar-refractivity contribution in [2.24, 2.45) is 5.92 Å². The second kappa shape index (κ2) is 10.3. The number of hydrogen-bond acceptors (Lipinski definition) is 10. The van der Waals surface area contributed by atoms with Crippen LogP contribution < -0.4 is 10.1 Å². The lowest BCUT2D eigenvalue weighted by molar-refractivity contribution is -0.384. The van der Waals surface area contributed by atoms with Crippen molar-refractivity contribution in [3.63, 3.8) is 0 Å². The summed E-state index contributed by atoms with van der Waals surface area (Å²) in [6, 6.07) is 6.16. The summed E-state index contributed by atoms with van der Waals surface area (Å²) in [4.78, 5) is 35.7. The van der Waals surface area contributed by atoms with Gasteiger partial charge in [-0.25, -0.2) is 4.98 Å². The van der Waals surface area contributed by atoms with Gasteiger partial charge in [0.05, 0.1) is 30.6 Å². The van der Waals surface area contributed by atoms with Crippen LogP contribution in [0.1, 0.15) is 32.1 Å². The molecule has 0 radical (unpaired) electrons. The molecule has 2 aromatic heterocycles. The number of nitrogens with zero attached hydrogens (tertiary/aromatic N) is 5. The second-order valence-electron chi connectivity index (χ2n) is 8.46. The first kappa shape index (κ1) is 24.4. The van der Waals surface area contributed by atoms with E-state index in [9.17, 15) is 25.1 Å². The van der Waals surface area contributed by atoms with Crippen LogP contribution in [0.25, 0.3) is 11.2 Å². The number of carbonyl (C=O) groups excluding carboxylic acids is 1. The topological polar surface area (TPSA) is 175 Å². The van der Waals surface area contributed by atoms with Crippen LogP contribution in [0, 0.1) is 16.0 Å². The fourth-order valence-corrected chi connectivity index (χ4v) is 3.61. The minimum absolute atomic E-state index is 0.00550. The zero-order valence-electron chi connectivity index (χ0n) is 19.2. The van der Waals surface area contributed by atoms with Gasteiger partial charge in [0.25, 0.3) is 5.69 Å². The highest BCUT2D eigenvalue weighted by molar-refractivity contribution is 5.91. The van der Waals surface area contributed by atoms with Crippen LogP contribution in [-0.2, 0) is 16.0 Å². The van der Waals surface area contributed by atoms with Crippen LogP contribution >= 0.6 is 0 Å². The Morgan fingerprint density at radius 1 is 1.34 bits per heavy atom. The van der Waals surface area contributed by atoms with Gasteiger partial charge in [0.15, 0.2) is 11.2 Å². The Balaban J connectivity index is 1.59. The molecule has 3 heterocycles. The molecule has 0 spiro atoms. The van der Waals surface area contributed by atoms with E-state index >= 15 is 0 Å². The Morgan fingerprint density at radius 2 is 2.09 bits per heavy atom. The number of hydrogen-bond donors (Lipinski definition) is 3. The average molecular weight is 486 g/mol. The van der Waals surface area contributed by atoms with Gasteiger partial charge in [-0.3, -0.25) is 24.8 Å². The molecule has 35 heavy (non-hydrogen) atoms. The summed E-state index contributed by atoms with van der Waals surface area (Å²) in [6.45, 7) is 3.34. The normalized spacial score (nSPS) is 19.9. The zero-order chi connectivity index (χ0) is 25.1. The first-order chi connectivity index (χ1) is 16.8. The quantitative estimate of drug-likeness (QED) is 0.297. The standard InChI is InChI=1S/C22H26N6O7/c1-12(2)20(31)25-22-24-19-18(23-11-27(19)17-9-15(30)16(10-29)35-17)21(26-22)34-8-7-13-3-5-14(6-4-13)28(32)33/h3-6,11-12,15-17,29-30H,7-10H2,1-2H3,(H,24,25,26,31)/t15-,16-,17-/m0/s1. The molecule has 3 aromatic rings. The van der Waals surface area contributed by atoms with Crippen LogP contribution in [0.4, 0.5) is 11.6 Å². The van der Waals surface area contributed by atoms with Crippen molar-refractivity contribution in [2.75, 3.05) is 18.5 Å². The Hall–Kier alpha value is -3.68. The number of amides is 1. The van der Waals surface area contributed by atoms with E-state index in [4.69, 9.17) is 9.47 Å². The number of rotatable bonds is 9. The number of nitro groups is 1. The molecule has 13 heteroatoms. The number of anilines is 1. The Kier molecular flexibility index (Phi) is 7.19. The predicted molar refractivity (Wildman–Crippen MR) is 123 cm³/mol. The molecule has 4 rings (SSSR count). The van der Waals surface area contributed by atoms with Crippen LogP contribution in [-0.4, -0.2) is 66.0 Å². The van der Waals surface area contributed by atoms with Crippen LogP contribution in [0.3, 0.4) is 0 Å². The Bertz CT molecular complexity index is 1210. The van der Waals surface area contributed by atoms with Crippen LogP contribution in [0.15, 0.2) is 30.6 Å². The molecule has 1 aliphatic heterocycles. The minimum Gasteiger partial charge on any atom is -0.476 e. The minimum atomic E-state index is -0.846. The molecule has 1 fully saturated rings. The zero-order valence-corrected chi connectivity index (χ0v) is 19.2. The van der Waals surface area contributed by atoms with E-state index in [1.807, 2.05) is 0 Å². The van der Waals surface area contributed by atoms with E-state index in [1.54, 1.807) is 30.5 Å². The van der Waals surface area contributed by atoms with Crippen molar-refractivity contribution in [1.29, 1.82) is 0 Å². The van der Waals surface area contributed by atoms with Gasteiger partial charge in [-0.2, -0.15) is 9.97 Å². The van der Waals surface area contributed by atoms with Crippen molar-refractivity contribution >= 4 is 28.7 Å². The second-order valence-corrected chi connectivity index (χ2v) is 8.46. The third-order valence-electron chi connectivity index (χ3n) is 5.62. The first-order valence-electron chi connectivity index (χ1n) is 11.1. The van der Waals surface area contributed by atoms with Crippen molar-refractivity contribution in [3.8, 4) is 5.88 Å². The number of benzene rings is 1. The molecule has 0 saturated carbocycles. The molecule has 3 atom stereocenters. The van der Waals surface area contributed by atoms with Crippen molar-refractivity contribution in [2.45, 2.75) is 45.1 Å². The smallest absolute Gasteiger partial charge is 0.269 e. The summed E-state index contributed by atoms with van der Waals surface area (Å²) < 4.78 is 13.2. The first-order valence-corrected chi connectivity index (χ1v) is 11.1. The number of non-ortho nitro benzene ring substituents is 1. The average Bonchev–Trinajstić information content (AvgIpc) is 3.42. The maximum absolute atomic E-state index is 12.3. The molecule has 13 nitrogen and oxygen atoms in total. The van der Waals surface area contributed by atoms with Gasteiger partial charge in [0.2, 0.25) is 17.7 Å². The van der Waals surface area contributed by atoms with Crippen molar-refractivity contribution in [3.05, 3.63) is 46.3 Å². The molecule has 1 aromatic carbocycles. The van der Waals surface area contributed by atoms with Gasteiger partial charge in [-0.05, 0) is 5.56 Å². The third-order valence-corrected chi connectivity index (χ3v) is 5.62.